The molecule has 0 unspecified atom stereocenters. The van der Waals surface area contributed by atoms with Crippen molar-refractivity contribution in [1.29, 1.82) is 0 Å². The number of hydrogen-bond acceptors (Lipinski definition) is 5. The maximum absolute atomic E-state index is 12.4. The van der Waals surface area contributed by atoms with Gasteiger partial charge in [0.25, 0.3) is 0 Å². The number of carbonyl (C=O) groups excluding carboxylic acids is 2. The first kappa shape index (κ1) is 18.9. The molecule has 3 N–H and O–H groups in total. The summed E-state index contributed by atoms with van der Waals surface area (Å²) in [5, 5.41) is 5.66. The minimum absolute atomic E-state index is 0.101. The lowest BCUT2D eigenvalue weighted by Gasteiger charge is -2.35. The van der Waals surface area contributed by atoms with Gasteiger partial charge in [-0.2, -0.15) is 0 Å². The molecule has 8 nitrogen and oxygen atoms in total. The van der Waals surface area contributed by atoms with Crippen molar-refractivity contribution in [3.05, 3.63) is 48.0 Å². The van der Waals surface area contributed by atoms with Crippen molar-refractivity contribution in [1.82, 2.24) is 25.5 Å². The number of aromatic nitrogens is 2. The minimum Gasteiger partial charge on any atom is -0.494 e. The van der Waals surface area contributed by atoms with E-state index in [4.69, 9.17) is 4.74 Å². The van der Waals surface area contributed by atoms with E-state index in [1.165, 1.54) is 0 Å². The largest absolute Gasteiger partial charge is 0.494 e. The van der Waals surface area contributed by atoms with E-state index in [-0.39, 0.29) is 18.2 Å². The Balaban J connectivity index is 1.64. The molecule has 0 bridgehead atoms. The first-order chi connectivity index (χ1) is 13.2. The second kappa shape index (κ2) is 9.18. The van der Waals surface area contributed by atoms with Crippen LogP contribution in [-0.2, 0) is 22.7 Å². The molecule has 27 heavy (non-hydrogen) atoms. The number of carbonyl (C=O) groups is 2. The molecule has 2 amide bonds. The predicted molar refractivity (Wildman–Crippen MR) is 99.9 cm³/mol. The lowest BCUT2D eigenvalue weighted by atomic mass is 10.1. The molecule has 1 atom stereocenters. The molecule has 144 valence electrons. The van der Waals surface area contributed by atoms with Crippen molar-refractivity contribution in [2.45, 2.75) is 32.5 Å². The van der Waals surface area contributed by atoms with Crippen molar-refractivity contribution in [3.8, 4) is 5.75 Å². The number of para-hydroxylation sites is 1. The van der Waals surface area contributed by atoms with E-state index in [1.807, 2.05) is 36.1 Å². The molecule has 1 aromatic carbocycles. The van der Waals surface area contributed by atoms with Crippen LogP contribution in [0.1, 0.15) is 24.7 Å². The van der Waals surface area contributed by atoms with Gasteiger partial charge in [-0.05, 0) is 13.0 Å². The van der Waals surface area contributed by atoms with Gasteiger partial charge in [-0.1, -0.05) is 18.2 Å². The predicted octanol–water partition coefficient (Wildman–Crippen LogP) is 0.815. The van der Waals surface area contributed by atoms with Gasteiger partial charge in [-0.25, -0.2) is 4.98 Å². The smallest absolute Gasteiger partial charge is 0.237 e. The number of aromatic amines is 1. The fraction of sp³-hybridized carbons (Fsp3) is 0.421. The number of benzene rings is 1. The maximum Gasteiger partial charge on any atom is 0.237 e. The third-order valence-electron chi connectivity index (χ3n) is 4.47. The third-order valence-corrected chi connectivity index (χ3v) is 4.47. The highest BCUT2D eigenvalue weighted by molar-refractivity contribution is 5.88. The average molecular weight is 371 g/mol. The second-order valence-electron chi connectivity index (χ2n) is 6.33. The molecule has 1 saturated heterocycles. The van der Waals surface area contributed by atoms with Gasteiger partial charge in [0.15, 0.2) is 0 Å². The van der Waals surface area contributed by atoms with E-state index in [0.717, 1.165) is 11.3 Å². The van der Waals surface area contributed by atoms with Crippen molar-refractivity contribution >= 4 is 11.8 Å². The SMILES string of the molecule is CCOc1ccccc1CN1CCNC(=O)[C@@H]1CC(=O)NCc1ncc[nH]1. The van der Waals surface area contributed by atoms with Gasteiger partial charge >= 0.3 is 0 Å². The number of ether oxygens (including phenoxy) is 1. The van der Waals surface area contributed by atoms with Crippen molar-refractivity contribution in [3.63, 3.8) is 0 Å². The van der Waals surface area contributed by atoms with Crippen LogP contribution >= 0.6 is 0 Å². The normalized spacial score (nSPS) is 17.4. The highest BCUT2D eigenvalue weighted by atomic mass is 16.5. The Kier molecular flexibility index (Phi) is 6.43. The Labute approximate surface area is 158 Å². The second-order valence-corrected chi connectivity index (χ2v) is 6.33. The summed E-state index contributed by atoms with van der Waals surface area (Å²) in [7, 11) is 0. The van der Waals surface area contributed by atoms with Crippen LogP contribution in [0.15, 0.2) is 36.7 Å². The van der Waals surface area contributed by atoms with E-state index in [9.17, 15) is 9.59 Å². The summed E-state index contributed by atoms with van der Waals surface area (Å²) in [6, 6.07) is 7.29. The Bertz CT molecular complexity index is 762. The van der Waals surface area contributed by atoms with Crippen LogP contribution in [0.5, 0.6) is 5.75 Å². The molecule has 8 heteroatoms. The quantitative estimate of drug-likeness (QED) is 0.638. The molecule has 0 aliphatic carbocycles. The fourth-order valence-electron chi connectivity index (χ4n) is 3.15. The monoisotopic (exact) mass is 371 g/mol. The van der Waals surface area contributed by atoms with Crippen molar-refractivity contribution in [2.24, 2.45) is 0 Å². The summed E-state index contributed by atoms with van der Waals surface area (Å²) in [6.07, 6.45) is 3.44. The molecular formula is C19H25N5O3. The summed E-state index contributed by atoms with van der Waals surface area (Å²) in [5.74, 6) is 1.19. The molecule has 1 aromatic heterocycles. The molecule has 2 aromatic rings. The van der Waals surface area contributed by atoms with Crippen LogP contribution in [0, 0.1) is 0 Å². The van der Waals surface area contributed by atoms with Crippen LogP contribution in [0.4, 0.5) is 0 Å². The van der Waals surface area contributed by atoms with E-state index in [1.54, 1.807) is 12.4 Å². The van der Waals surface area contributed by atoms with Crippen LogP contribution in [0.3, 0.4) is 0 Å². The standard InChI is InChI=1S/C19H25N5O3/c1-2-27-16-6-4-3-5-14(16)13-24-10-9-22-19(26)15(24)11-18(25)23-12-17-20-7-8-21-17/h3-8,15H,2,9-13H2,1H3,(H,20,21)(H,22,26)(H,23,25)/t15-/m0/s1. The molecule has 2 heterocycles. The topological polar surface area (TPSA) is 99.3 Å². The number of imidazole rings is 1. The van der Waals surface area contributed by atoms with E-state index in [0.29, 0.717) is 38.6 Å². The van der Waals surface area contributed by atoms with Gasteiger partial charge in [-0.3, -0.25) is 14.5 Å². The number of nitrogens with one attached hydrogen (secondary N) is 3. The summed E-state index contributed by atoms with van der Waals surface area (Å²) < 4.78 is 5.68. The van der Waals surface area contributed by atoms with Crippen LogP contribution in [0.2, 0.25) is 0 Å². The molecule has 1 fully saturated rings. The number of amides is 2. The molecular weight excluding hydrogens is 346 g/mol. The van der Waals surface area contributed by atoms with Gasteiger partial charge in [0, 0.05) is 37.6 Å². The summed E-state index contributed by atoms with van der Waals surface area (Å²) in [4.78, 5) is 33.8. The molecule has 1 aliphatic heterocycles. The zero-order valence-corrected chi connectivity index (χ0v) is 15.4. The van der Waals surface area contributed by atoms with Crippen molar-refractivity contribution < 1.29 is 14.3 Å². The molecule has 3 rings (SSSR count). The maximum atomic E-state index is 12.4. The number of piperazine rings is 1. The van der Waals surface area contributed by atoms with Crippen molar-refractivity contribution in [2.75, 3.05) is 19.7 Å². The van der Waals surface area contributed by atoms with Gasteiger partial charge in [0.1, 0.15) is 11.6 Å². The highest BCUT2D eigenvalue weighted by Gasteiger charge is 2.32. The van der Waals surface area contributed by atoms with E-state index in [2.05, 4.69) is 20.6 Å². The zero-order chi connectivity index (χ0) is 19.1. The Hall–Kier alpha value is -2.87. The average Bonchev–Trinajstić information content (AvgIpc) is 3.18. The van der Waals surface area contributed by atoms with Gasteiger partial charge in [0.2, 0.25) is 11.8 Å². The summed E-state index contributed by atoms with van der Waals surface area (Å²) >= 11 is 0. The van der Waals surface area contributed by atoms with Crippen LogP contribution in [0.25, 0.3) is 0 Å². The number of hydrogen-bond donors (Lipinski definition) is 3. The number of nitrogens with zero attached hydrogens (tertiary/aromatic N) is 2. The molecule has 1 aliphatic rings. The third kappa shape index (κ3) is 5.07. The first-order valence-corrected chi connectivity index (χ1v) is 9.14. The minimum atomic E-state index is -0.509. The number of rotatable bonds is 8. The lowest BCUT2D eigenvalue weighted by molar-refractivity contribution is -0.134. The molecule has 0 saturated carbocycles. The van der Waals surface area contributed by atoms with Gasteiger partial charge in [-0.15, -0.1) is 0 Å². The molecule has 0 spiro atoms. The lowest BCUT2D eigenvalue weighted by Crippen LogP contribution is -2.56. The first-order valence-electron chi connectivity index (χ1n) is 9.14. The molecule has 0 radical (unpaired) electrons. The highest BCUT2D eigenvalue weighted by Crippen LogP contribution is 2.22. The zero-order valence-electron chi connectivity index (χ0n) is 15.4. The summed E-state index contributed by atoms with van der Waals surface area (Å²) in [5.41, 5.74) is 1.01. The van der Waals surface area contributed by atoms with Crippen LogP contribution < -0.4 is 15.4 Å². The van der Waals surface area contributed by atoms with Crippen LogP contribution in [-0.4, -0.2) is 52.4 Å². The number of H-pyrrole nitrogens is 1. The van der Waals surface area contributed by atoms with Gasteiger partial charge < -0.3 is 20.4 Å². The van der Waals surface area contributed by atoms with E-state index >= 15 is 0 Å². The summed E-state index contributed by atoms with van der Waals surface area (Å²) in [6.45, 7) is 4.64. The van der Waals surface area contributed by atoms with Gasteiger partial charge in [0.05, 0.1) is 25.6 Å². The fourth-order valence-corrected chi connectivity index (χ4v) is 3.15. The van der Waals surface area contributed by atoms with E-state index < -0.39 is 6.04 Å². The Morgan fingerprint density at radius 2 is 2.26 bits per heavy atom. The Morgan fingerprint density at radius 1 is 1.41 bits per heavy atom. The Morgan fingerprint density at radius 3 is 3.04 bits per heavy atom.